The Hall–Kier alpha value is -2.96. The van der Waals surface area contributed by atoms with Gasteiger partial charge in [-0.25, -0.2) is 4.99 Å². The Balaban J connectivity index is 2.00. The van der Waals surface area contributed by atoms with Gasteiger partial charge in [-0.3, -0.25) is 14.5 Å². The molecule has 2 aliphatic heterocycles. The molecule has 1 atom stereocenters. The van der Waals surface area contributed by atoms with Gasteiger partial charge in [0.2, 0.25) is 17.5 Å². The van der Waals surface area contributed by atoms with E-state index in [1.165, 1.54) is 25.3 Å². The van der Waals surface area contributed by atoms with Gasteiger partial charge in [-0.1, -0.05) is 12.1 Å². The Kier molecular flexibility index (Phi) is 3.25. The number of phenolic OH excluding ortho intramolecular Hbond substituents is 1. The quantitative estimate of drug-likeness (QED) is 0.852. The highest BCUT2D eigenvalue weighted by molar-refractivity contribution is 6.10. The molecule has 0 aromatic heterocycles. The number of carbonyl (C=O) groups excluding carboxylic acids is 2. The van der Waals surface area contributed by atoms with Crippen molar-refractivity contribution in [3.05, 3.63) is 42.1 Å². The summed E-state index contributed by atoms with van der Waals surface area (Å²) in [6, 6.07) is 6.45. The van der Waals surface area contributed by atoms with Gasteiger partial charge >= 0.3 is 0 Å². The molecular formula is C15H14N4O3. The van der Waals surface area contributed by atoms with E-state index in [4.69, 9.17) is 0 Å². The third-order valence-electron chi connectivity index (χ3n) is 3.47. The largest absolute Gasteiger partial charge is 0.508 e. The van der Waals surface area contributed by atoms with E-state index in [0.717, 1.165) is 5.56 Å². The summed E-state index contributed by atoms with van der Waals surface area (Å²) in [6.45, 7) is 1.35. The van der Waals surface area contributed by atoms with Crippen molar-refractivity contribution in [2.45, 2.75) is 19.0 Å². The zero-order chi connectivity index (χ0) is 15.7. The van der Waals surface area contributed by atoms with Crippen molar-refractivity contribution in [1.29, 1.82) is 0 Å². The molecule has 1 unspecified atom stereocenters. The zero-order valence-corrected chi connectivity index (χ0v) is 11.9. The Morgan fingerprint density at radius 1 is 1.36 bits per heavy atom. The second-order valence-corrected chi connectivity index (χ2v) is 5.09. The number of hydrogen-bond donors (Lipinski definition) is 2. The number of nitrogens with one attached hydrogen (secondary N) is 1. The predicted molar refractivity (Wildman–Crippen MR) is 80.3 cm³/mol. The van der Waals surface area contributed by atoms with E-state index >= 15 is 0 Å². The Morgan fingerprint density at radius 2 is 2.09 bits per heavy atom. The summed E-state index contributed by atoms with van der Waals surface area (Å²) in [6.07, 6.45) is 5.07. The van der Waals surface area contributed by atoms with Gasteiger partial charge in [0.15, 0.2) is 0 Å². The molecule has 2 N–H and O–H groups in total. The van der Waals surface area contributed by atoms with E-state index in [9.17, 15) is 14.7 Å². The molecule has 0 saturated carbocycles. The van der Waals surface area contributed by atoms with Crippen molar-refractivity contribution in [2.24, 2.45) is 9.98 Å². The third kappa shape index (κ3) is 2.26. The fourth-order valence-electron chi connectivity index (χ4n) is 2.55. The van der Waals surface area contributed by atoms with E-state index in [-0.39, 0.29) is 24.0 Å². The average molecular weight is 298 g/mol. The lowest BCUT2D eigenvalue weighted by atomic mass is 9.97. The fraction of sp³-hybridized carbons (Fsp3) is 0.200. The van der Waals surface area contributed by atoms with Crippen LogP contribution in [0.3, 0.4) is 0 Å². The molecule has 0 saturated heterocycles. The van der Waals surface area contributed by atoms with Crippen LogP contribution in [0.15, 0.2) is 46.5 Å². The lowest BCUT2D eigenvalue weighted by Gasteiger charge is -2.36. The number of aliphatic imine (C=N–C) groups is 2. The number of phenols is 1. The average Bonchev–Trinajstić information content (AvgIpc) is 2.74. The predicted octanol–water partition coefficient (Wildman–Crippen LogP) is 0.563. The van der Waals surface area contributed by atoms with Crippen molar-refractivity contribution in [3.63, 3.8) is 0 Å². The highest BCUT2D eigenvalue weighted by Gasteiger charge is 2.51. The van der Waals surface area contributed by atoms with Crippen LogP contribution in [0.25, 0.3) is 0 Å². The van der Waals surface area contributed by atoms with E-state index in [1.54, 1.807) is 29.3 Å². The van der Waals surface area contributed by atoms with Crippen LogP contribution >= 0.6 is 0 Å². The van der Waals surface area contributed by atoms with Crippen molar-refractivity contribution in [3.8, 4) is 5.75 Å². The van der Waals surface area contributed by atoms with Crippen molar-refractivity contribution in [1.82, 2.24) is 10.2 Å². The molecule has 1 aromatic carbocycles. The van der Waals surface area contributed by atoms with Gasteiger partial charge in [-0.2, -0.15) is 4.99 Å². The number of carbonyl (C=O) groups is 2. The first-order valence-electron chi connectivity index (χ1n) is 6.71. The van der Waals surface area contributed by atoms with E-state index in [2.05, 4.69) is 15.3 Å². The van der Waals surface area contributed by atoms with Gasteiger partial charge in [-0.05, 0) is 23.8 Å². The molecule has 0 radical (unpaired) electrons. The van der Waals surface area contributed by atoms with Crippen molar-refractivity contribution < 1.29 is 14.7 Å². The zero-order valence-electron chi connectivity index (χ0n) is 11.9. The first-order valence-corrected chi connectivity index (χ1v) is 6.71. The first kappa shape index (κ1) is 14.0. The molecule has 7 heteroatoms. The van der Waals surface area contributed by atoms with Gasteiger partial charge in [0, 0.05) is 25.8 Å². The minimum atomic E-state index is -1.33. The van der Waals surface area contributed by atoms with E-state index < -0.39 is 11.6 Å². The number of fused-ring (bicyclic) bond motifs is 1. The Labute approximate surface area is 126 Å². The highest BCUT2D eigenvalue weighted by Crippen LogP contribution is 2.29. The maximum Gasteiger partial charge on any atom is 0.296 e. The normalized spacial score (nSPS) is 22.5. The SMILES string of the molecule is CC(=O)NC1(Cc2ccc(O)cc2)C(=O)N=C2N=CC=CN21. The molecule has 22 heavy (non-hydrogen) atoms. The lowest BCUT2D eigenvalue weighted by Crippen LogP contribution is -2.62. The number of guanidine groups is 1. The topological polar surface area (TPSA) is 94.4 Å². The van der Waals surface area contributed by atoms with Gasteiger partial charge in [0.25, 0.3) is 5.91 Å². The number of nitrogens with zero attached hydrogens (tertiary/aromatic N) is 3. The molecule has 2 heterocycles. The number of amides is 2. The molecule has 2 aliphatic rings. The summed E-state index contributed by atoms with van der Waals surface area (Å²) in [5.41, 5.74) is -0.550. The number of rotatable bonds is 3. The molecular weight excluding hydrogens is 284 g/mol. The van der Waals surface area contributed by atoms with Crippen molar-refractivity contribution in [2.75, 3.05) is 0 Å². The molecule has 2 amide bonds. The number of aromatic hydroxyl groups is 1. The van der Waals surface area contributed by atoms with Gasteiger partial charge < -0.3 is 10.4 Å². The molecule has 7 nitrogen and oxygen atoms in total. The lowest BCUT2D eigenvalue weighted by molar-refractivity contribution is -0.133. The summed E-state index contributed by atoms with van der Waals surface area (Å²) in [7, 11) is 0. The number of hydrogen-bond acceptors (Lipinski definition) is 5. The molecule has 112 valence electrons. The maximum absolute atomic E-state index is 12.5. The molecule has 3 rings (SSSR count). The summed E-state index contributed by atoms with van der Waals surface area (Å²) in [5, 5.41) is 12.1. The summed E-state index contributed by atoms with van der Waals surface area (Å²) in [4.78, 5) is 33.6. The van der Waals surface area contributed by atoms with E-state index in [0.29, 0.717) is 0 Å². The molecule has 0 aliphatic carbocycles. The standard InChI is InChI=1S/C15H14N4O3/c1-10(20)18-15(9-11-3-5-12(21)6-4-11)13(22)17-14-16-7-2-8-19(14)15/h2-8,21H,9H2,1H3,(H,18,20). The van der Waals surface area contributed by atoms with Crippen molar-refractivity contribution >= 4 is 24.0 Å². The van der Waals surface area contributed by atoms with Crippen LogP contribution in [0, 0.1) is 0 Å². The number of benzene rings is 1. The van der Waals surface area contributed by atoms with Crippen LogP contribution in [-0.2, 0) is 16.0 Å². The summed E-state index contributed by atoms with van der Waals surface area (Å²) < 4.78 is 0. The highest BCUT2D eigenvalue weighted by atomic mass is 16.3. The summed E-state index contributed by atoms with van der Waals surface area (Å²) >= 11 is 0. The van der Waals surface area contributed by atoms with Crippen LogP contribution < -0.4 is 5.32 Å². The molecule has 0 fully saturated rings. The van der Waals surface area contributed by atoms with Crippen LogP contribution in [0.5, 0.6) is 5.75 Å². The second-order valence-electron chi connectivity index (χ2n) is 5.09. The molecule has 0 bridgehead atoms. The summed E-state index contributed by atoms with van der Waals surface area (Å²) in [5.74, 6) is -0.435. The first-order chi connectivity index (χ1) is 10.5. The second kappa shape index (κ2) is 5.10. The minimum Gasteiger partial charge on any atom is -0.508 e. The van der Waals surface area contributed by atoms with Crippen LogP contribution in [0.2, 0.25) is 0 Å². The minimum absolute atomic E-state index is 0.134. The van der Waals surface area contributed by atoms with Crippen LogP contribution in [0.4, 0.5) is 0 Å². The van der Waals surface area contributed by atoms with Gasteiger partial charge in [-0.15, -0.1) is 0 Å². The van der Waals surface area contributed by atoms with Gasteiger partial charge in [0.1, 0.15) is 5.75 Å². The smallest absolute Gasteiger partial charge is 0.296 e. The van der Waals surface area contributed by atoms with E-state index in [1.807, 2.05) is 0 Å². The maximum atomic E-state index is 12.5. The Morgan fingerprint density at radius 3 is 2.77 bits per heavy atom. The number of allylic oxidation sites excluding steroid dienone is 1. The van der Waals surface area contributed by atoms with Crippen LogP contribution in [-0.4, -0.2) is 39.7 Å². The van der Waals surface area contributed by atoms with Crippen LogP contribution in [0.1, 0.15) is 12.5 Å². The fourth-order valence-corrected chi connectivity index (χ4v) is 2.55. The third-order valence-corrected chi connectivity index (χ3v) is 3.47. The molecule has 1 aromatic rings. The molecule has 0 spiro atoms. The Bertz CT molecular complexity index is 721. The monoisotopic (exact) mass is 298 g/mol. The van der Waals surface area contributed by atoms with Gasteiger partial charge in [0.05, 0.1) is 0 Å².